The lowest BCUT2D eigenvalue weighted by atomic mass is 10.1. The molecule has 1 atom stereocenters. The van der Waals surface area contributed by atoms with E-state index in [4.69, 9.17) is 33.9 Å². The number of piperidine rings is 1. The zero-order valence-electron chi connectivity index (χ0n) is 14.9. The van der Waals surface area contributed by atoms with E-state index in [9.17, 15) is 10.1 Å². The van der Waals surface area contributed by atoms with E-state index in [0.717, 1.165) is 36.3 Å². The van der Waals surface area contributed by atoms with Gasteiger partial charge in [0.15, 0.2) is 0 Å². The SMILES string of the molecule is N#Cc1ccccc1Cn1c(N2CCC[C@H](N)C2)nc2c(Cl)c(Cl)sc2c1=O. The summed E-state index contributed by atoms with van der Waals surface area (Å²) in [5, 5.41) is 9.71. The average molecular weight is 434 g/mol. The molecule has 9 heteroatoms. The van der Waals surface area contributed by atoms with Gasteiger partial charge in [-0.2, -0.15) is 5.26 Å². The second-order valence-corrected chi connectivity index (χ2v) is 8.79. The molecule has 3 aromatic rings. The number of nitrogens with two attached hydrogens (primary N) is 1. The van der Waals surface area contributed by atoms with Crippen LogP contribution in [0.3, 0.4) is 0 Å². The van der Waals surface area contributed by atoms with Crippen LogP contribution in [0.15, 0.2) is 29.1 Å². The zero-order chi connectivity index (χ0) is 19.8. The van der Waals surface area contributed by atoms with Gasteiger partial charge in [0.2, 0.25) is 5.95 Å². The number of aromatic nitrogens is 2. The number of hydrogen-bond donors (Lipinski definition) is 1. The van der Waals surface area contributed by atoms with Crippen LogP contribution in [-0.2, 0) is 6.54 Å². The molecule has 144 valence electrons. The Hall–Kier alpha value is -2.11. The number of halogens is 2. The van der Waals surface area contributed by atoms with Gasteiger partial charge >= 0.3 is 0 Å². The molecular weight excluding hydrogens is 417 g/mol. The van der Waals surface area contributed by atoms with Crippen LogP contribution in [0.2, 0.25) is 9.36 Å². The highest BCUT2D eigenvalue weighted by Gasteiger charge is 2.25. The largest absolute Gasteiger partial charge is 0.341 e. The van der Waals surface area contributed by atoms with Crippen molar-refractivity contribution in [1.82, 2.24) is 9.55 Å². The van der Waals surface area contributed by atoms with Gasteiger partial charge < -0.3 is 10.6 Å². The molecule has 0 aliphatic carbocycles. The quantitative estimate of drug-likeness (QED) is 0.681. The summed E-state index contributed by atoms with van der Waals surface area (Å²) in [7, 11) is 0. The van der Waals surface area contributed by atoms with Crippen molar-refractivity contribution in [1.29, 1.82) is 5.26 Å². The second-order valence-electron chi connectivity index (χ2n) is 6.79. The van der Waals surface area contributed by atoms with E-state index >= 15 is 0 Å². The van der Waals surface area contributed by atoms with Crippen LogP contribution in [0.1, 0.15) is 24.0 Å². The molecule has 4 rings (SSSR count). The molecule has 1 fully saturated rings. The highest BCUT2D eigenvalue weighted by atomic mass is 35.5. The molecular formula is C19H17Cl2N5OS. The summed E-state index contributed by atoms with van der Waals surface area (Å²) >= 11 is 13.6. The van der Waals surface area contributed by atoms with Gasteiger partial charge in [-0.1, -0.05) is 41.4 Å². The van der Waals surface area contributed by atoms with Gasteiger partial charge in [-0.3, -0.25) is 9.36 Å². The fourth-order valence-corrected chi connectivity index (χ4v) is 4.94. The number of nitrogens with zero attached hydrogens (tertiary/aromatic N) is 4. The van der Waals surface area contributed by atoms with E-state index < -0.39 is 0 Å². The second kappa shape index (κ2) is 7.72. The summed E-state index contributed by atoms with van der Waals surface area (Å²) in [4.78, 5) is 20.0. The highest BCUT2D eigenvalue weighted by Crippen LogP contribution is 2.37. The van der Waals surface area contributed by atoms with Crippen molar-refractivity contribution >= 4 is 50.7 Å². The summed E-state index contributed by atoms with van der Waals surface area (Å²) in [5.41, 5.74) is 7.63. The van der Waals surface area contributed by atoms with Gasteiger partial charge in [-0.25, -0.2) is 4.98 Å². The Morgan fingerprint density at radius 2 is 2.14 bits per heavy atom. The third kappa shape index (κ3) is 3.38. The smallest absolute Gasteiger partial charge is 0.273 e. The zero-order valence-corrected chi connectivity index (χ0v) is 17.2. The number of nitriles is 1. The lowest BCUT2D eigenvalue weighted by molar-refractivity contribution is 0.492. The minimum atomic E-state index is -0.217. The van der Waals surface area contributed by atoms with Crippen LogP contribution in [0, 0.1) is 11.3 Å². The van der Waals surface area contributed by atoms with Crippen LogP contribution in [-0.4, -0.2) is 28.7 Å². The van der Waals surface area contributed by atoms with E-state index in [1.807, 2.05) is 17.0 Å². The molecule has 0 radical (unpaired) electrons. The minimum absolute atomic E-state index is 0.0164. The van der Waals surface area contributed by atoms with Crippen LogP contribution in [0.4, 0.5) is 5.95 Å². The Balaban J connectivity index is 1.92. The first-order valence-electron chi connectivity index (χ1n) is 8.86. The molecule has 1 aliphatic rings. The summed E-state index contributed by atoms with van der Waals surface area (Å²) in [5.74, 6) is 0.511. The summed E-state index contributed by atoms with van der Waals surface area (Å²) in [6.07, 6.45) is 1.85. The molecule has 0 spiro atoms. The van der Waals surface area contributed by atoms with Crippen molar-refractivity contribution in [2.75, 3.05) is 18.0 Å². The Morgan fingerprint density at radius 1 is 1.36 bits per heavy atom. The van der Waals surface area contributed by atoms with Gasteiger partial charge in [0.1, 0.15) is 14.6 Å². The van der Waals surface area contributed by atoms with Crippen molar-refractivity contribution < 1.29 is 0 Å². The van der Waals surface area contributed by atoms with Crippen LogP contribution < -0.4 is 16.2 Å². The van der Waals surface area contributed by atoms with Crippen molar-refractivity contribution in [3.8, 4) is 6.07 Å². The van der Waals surface area contributed by atoms with E-state index in [1.165, 1.54) is 0 Å². The number of hydrogen-bond acceptors (Lipinski definition) is 6. The molecule has 0 saturated carbocycles. The molecule has 1 saturated heterocycles. The fourth-order valence-electron chi connectivity index (χ4n) is 3.51. The Kier molecular flexibility index (Phi) is 5.30. The van der Waals surface area contributed by atoms with Crippen molar-refractivity contribution in [3.63, 3.8) is 0 Å². The lowest BCUT2D eigenvalue weighted by Gasteiger charge is -2.33. The van der Waals surface area contributed by atoms with Crippen molar-refractivity contribution in [3.05, 3.63) is 55.1 Å². The van der Waals surface area contributed by atoms with E-state index in [-0.39, 0.29) is 18.1 Å². The minimum Gasteiger partial charge on any atom is -0.341 e. The summed E-state index contributed by atoms with van der Waals surface area (Å²) in [6, 6.07) is 9.43. The van der Waals surface area contributed by atoms with E-state index in [1.54, 1.807) is 16.7 Å². The summed E-state index contributed by atoms with van der Waals surface area (Å²) < 4.78 is 2.35. The molecule has 28 heavy (non-hydrogen) atoms. The molecule has 0 unspecified atom stereocenters. The average Bonchev–Trinajstić information content (AvgIpc) is 2.99. The van der Waals surface area contributed by atoms with E-state index in [0.29, 0.717) is 37.6 Å². The normalized spacial score (nSPS) is 17.1. The molecule has 1 aromatic carbocycles. The number of anilines is 1. The van der Waals surface area contributed by atoms with Gasteiger partial charge in [0.05, 0.1) is 23.2 Å². The fraction of sp³-hybridized carbons (Fsp3) is 0.316. The number of benzene rings is 1. The van der Waals surface area contributed by atoms with Crippen LogP contribution in [0.5, 0.6) is 0 Å². The van der Waals surface area contributed by atoms with Gasteiger partial charge in [0.25, 0.3) is 5.56 Å². The molecule has 0 amide bonds. The molecule has 6 nitrogen and oxygen atoms in total. The molecule has 1 aliphatic heterocycles. The predicted octanol–water partition coefficient (Wildman–Crippen LogP) is 3.61. The first-order chi connectivity index (χ1) is 13.5. The first-order valence-corrected chi connectivity index (χ1v) is 10.4. The molecule has 3 heterocycles. The van der Waals surface area contributed by atoms with Crippen LogP contribution in [0.25, 0.3) is 10.2 Å². The molecule has 2 aromatic heterocycles. The van der Waals surface area contributed by atoms with Gasteiger partial charge in [-0.05, 0) is 24.5 Å². The third-order valence-corrected chi connectivity index (χ3v) is 6.84. The van der Waals surface area contributed by atoms with Gasteiger partial charge in [0, 0.05) is 19.1 Å². The maximum Gasteiger partial charge on any atom is 0.273 e. The maximum atomic E-state index is 13.3. The lowest BCUT2D eigenvalue weighted by Crippen LogP contribution is -2.45. The molecule has 0 bridgehead atoms. The molecule has 2 N–H and O–H groups in total. The maximum absolute atomic E-state index is 13.3. The van der Waals surface area contributed by atoms with E-state index in [2.05, 4.69) is 6.07 Å². The van der Waals surface area contributed by atoms with Crippen molar-refractivity contribution in [2.45, 2.75) is 25.4 Å². The Morgan fingerprint density at radius 3 is 2.89 bits per heavy atom. The Labute approximate surface area is 175 Å². The van der Waals surface area contributed by atoms with Gasteiger partial charge in [-0.15, -0.1) is 11.3 Å². The highest BCUT2D eigenvalue weighted by molar-refractivity contribution is 7.23. The predicted molar refractivity (Wildman–Crippen MR) is 114 cm³/mol. The monoisotopic (exact) mass is 433 g/mol. The van der Waals surface area contributed by atoms with Crippen molar-refractivity contribution in [2.24, 2.45) is 5.73 Å². The number of rotatable bonds is 3. The third-order valence-electron chi connectivity index (χ3n) is 4.89. The Bertz CT molecular complexity index is 1150. The summed E-state index contributed by atoms with van der Waals surface area (Å²) in [6.45, 7) is 1.59. The topological polar surface area (TPSA) is 87.9 Å². The number of fused-ring (bicyclic) bond motifs is 1. The van der Waals surface area contributed by atoms with Crippen LogP contribution >= 0.6 is 34.5 Å². The standard InChI is InChI=1S/C19H17Cl2N5OS/c20-14-15-16(28-17(14)21)18(27)26(9-12-5-2-1-4-11(12)8-22)19(24-15)25-7-3-6-13(23)10-25/h1-2,4-5,13H,3,6-7,9-10,23H2/t13-/m0/s1. The number of thiophene rings is 1. The first kappa shape index (κ1) is 19.2.